The Morgan fingerprint density at radius 1 is 1.24 bits per heavy atom. The Morgan fingerprint density at radius 3 is 2.84 bits per heavy atom. The summed E-state index contributed by atoms with van der Waals surface area (Å²) in [5.74, 6) is -0.361. The average Bonchev–Trinajstić information content (AvgIpc) is 3.02. The van der Waals surface area contributed by atoms with Gasteiger partial charge < -0.3 is 0 Å². The van der Waals surface area contributed by atoms with Gasteiger partial charge in [0.05, 0.1) is 10.2 Å². The summed E-state index contributed by atoms with van der Waals surface area (Å²) in [4.78, 5) is 28.7. The molecular formula is C18H20N4O2S. The molecule has 0 spiro atoms. The molecule has 1 amide bonds. The molecule has 25 heavy (non-hydrogen) atoms. The van der Waals surface area contributed by atoms with Crippen LogP contribution in [0, 0.1) is 0 Å². The summed E-state index contributed by atoms with van der Waals surface area (Å²) in [5, 5.41) is 7.46. The summed E-state index contributed by atoms with van der Waals surface area (Å²) >= 11 is 1.43. The fraction of sp³-hybridized carbons (Fsp3) is 0.333. The van der Waals surface area contributed by atoms with Crippen LogP contribution in [-0.2, 0) is 13.0 Å². The zero-order chi connectivity index (χ0) is 17.8. The van der Waals surface area contributed by atoms with E-state index in [2.05, 4.69) is 28.4 Å². The number of nitrogens with one attached hydrogen (secondary N) is 1. The lowest BCUT2D eigenvalue weighted by Gasteiger charge is -2.05. The van der Waals surface area contributed by atoms with Crippen molar-refractivity contribution in [2.75, 3.05) is 5.32 Å². The van der Waals surface area contributed by atoms with Crippen LogP contribution >= 0.6 is 11.3 Å². The highest BCUT2D eigenvalue weighted by atomic mass is 32.1. The number of unbranched alkanes of at least 4 members (excludes halogenated alkanes) is 1. The standard InChI is InChI=1S/C18H20N4O2S/c1-3-5-10-22-16(23)9-8-14(21-22)17(24)20-18-19-13-7-6-12(4-2)11-15(13)25-18/h6-9,11H,3-5,10H2,1-2H3,(H,19,20,24). The summed E-state index contributed by atoms with van der Waals surface area (Å²) in [6.45, 7) is 4.65. The lowest BCUT2D eigenvalue weighted by Crippen LogP contribution is -2.26. The van der Waals surface area contributed by atoms with Gasteiger partial charge in [-0.15, -0.1) is 0 Å². The van der Waals surface area contributed by atoms with Crippen LogP contribution in [0.5, 0.6) is 0 Å². The SMILES string of the molecule is CCCCn1nc(C(=O)Nc2nc3ccc(CC)cc3s2)ccc1=O. The van der Waals surface area contributed by atoms with Gasteiger partial charge in [-0.3, -0.25) is 14.9 Å². The number of amides is 1. The van der Waals surface area contributed by atoms with Gasteiger partial charge in [-0.25, -0.2) is 9.67 Å². The van der Waals surface area contributed by atoms with Crippen molar-refractivity contribution >= 4 is 32.6 Å². The third-order valence-corrected chi connectivity index (χ3v) is 4.84. The van der Waals surface area contributed by atoms with Gasteiger partial charge in [0.25, 0.3) is 11.5 Å². The smallest absolute Gasteiger partial charge is 0.277 e. The Bertz CT molecular complexity index is 961. The molecule has 0 bridgehead atoms. The number of fused-ring (bicyclic) bond motifs is 1. The molecule has 7 heteroatoms. The van der Waals surface area contributed by atoms with Gasteiger partial charge in [0.1, 0.15) is 5.69 Å². The van der Waals surface area contributed by atoms with Crippen molar-refractivity contribution in [3.05, 3.63) is 51.9 Å². The van der Waals surface area contributed by atoms with E-state index < -0.39 is 0 Å². The third-order valence-electron chi connectivity index (χ3n) is 3.90. The quantitative estimate of drug-likeness (QED) is 0.734. The first-order valence-electron chi connectivity index (χ1n) is 8.39. The lowest BCUT2D eigenvalue weighted by atomic mass is 10.2. The Labute approximate surface area is 149 Å². The molecule has 0 saturated carbocycles. The third kappa shape index (κ3) is 3.93. The molecule has 0 unspecified atom stereocenters. The summed E-state index contributed by atoms with van der Waals surface area (Å²) in [5.41, 5.74) is 2.11. The highest BCUT2D eigenvalue weighted by Crippen LogP contribution is 2.27. The molecule has 0 saturated heterocycles. The summed E-state index contributed by atoms with van der Waals surface area (Å²) in [6.07, 6.45) is 2.75. The number of carbonyl (C=O) groups excluding carboxylic acids is 1. The number of hydrogen-bond donors (Lipinski definition) is 1. The normalized spacial score (nSPS) is 11.0. The van der Waals surface area contributed by atoms with Crippen LogP contribution in [0.2, 0.25) is 0 Å². The first-order chi connectivity index (χ1) is 12.1. The van der Waals surface area contributed by atoms with Gasteiger partial charge in [0.15, 0.2) is 5.13 Å². The van der Waals surface area contributed by atoms with Gasteiger partial charge in [-0.2, -0.15) is 5.10 Å². The van der Waals surface area contributed by atoms with E-state index in [1.165, 1.54) is 33.7 Å². The summed E-state index contributed by atoms with van der Waals surface area (Å²) in [6, 6.07) is 8.92. The van der Waals surface area contributed by atoms with Crippen LogP contribution in [0.15, 0.2) is 35.1 Å². The maximum absolute atomic E-state index is 12.4. The van der Waals surface area contributed by atoms with Crippen molar-refractivity contribution in [2.24, 2.45) is 0 Å². The van der Waals surface area contributed by atoms with E-state index >= 15 is 0 Å². The van der Waals surface area contributed by atoms with Gasteiger partial charge >= 0.3 is 0 Å². The number of anilines is 1. The van der Waals surface area contributed by atoms with Gasteiger partial charge in [0, 0.05) is 12.6 Å². The summed E-state index contributed by atoms with van der Waals surface area (Å²) < 4.78 is 2.38. The molecule has 0 aliphatic carbocycles. The highest BCUT2D eigenvalue weighted by molar-refractivity contribution is 7.22. The van der Waals surface area contributed by atoms with Crippen LogP contribution in [0.1, 0.15) is 42.7 Å². The molecule has 6 nitrogen and oxygen atoms in total. The van der Waals surface area contributed by atoms with E-state index in [0.717, 1.165) is 29.5 Å². The van der Waals surface area contributed by atoms with E-state index in [0.29, 0.717) is 11.7 Å². The van der Waals surface area contributed by atoms with E-state index in [9.17, 15) is 9.59 Å². The van der Waals surface area contributed by atoms with Crippen molar-refractivity contribution in [2.45, 2.75) is 39.7 Å². The second-order valence-corrected chi connectivity index (χ2v) is 6.79. The van der Waals surface area contributed by atoms with E-state index in [1.54, 1.807) is 0 Å². The van der Waals surface area contributed by atoms with E-state index in [4.69, 9.17) is 0 Å². The van der Waals surface area contributed by atoms with Gasteiger partial charge in [0.2, 0.25) is 0 Å². The van der Waals surface area contributed by atoms with Crippen LogP contribution in [-0.4, -0.2) is 20.7 Å². The molecule has 2 aromatic heterocycles. The molecule has 0 aliphatic heterocycles. The molecule has 0 aliphatic rings. The number of nitrogens with zero attached hydrogens (tertiary/aromatic N) is 3. The molecular weight excluding hydrogens is 336 g/mol. The number of benzene rings is 1. The van der Waals surface area contributed by atoms with Crippen molar-refractivity contribution in [1.82, 2.24) is 14.8 Å². The number of hydrogen-bond acceptors (Lipinski definition) is 5. The minimum Gasteiger partial charge on any atom is -0.296 e. The first kappa shape index (κ1) is 17.3. The fourth-order valence-electron chi connectivity index (χ4n) is 2.44. The summed E-state index contributed by atoms with van der Waals surface area (Å²) in [7, 11) is 0. The van der Waals surface area contributed by atoms with Crippen LogP contribution in [0.3, 0.4) is 0 Å². The molecule has 3 rings (SSSR count). The van der Waals surface area contributed by atoms with Gasteiger partial charge in [-0.05, 0) is 36.6 Å². The Morgan fingerprint density at radius 2 is 2.08 bits per heavy atom. The van der Waals surface area contributed by atoms with E-state index in [-0.39, 0.29) is 17.2 Å². The maximum Gasteiger partial charge on any atom is 0.277 e. The predicted molar refractivity (Wildman–Crippen MR) is 100 cm³/mol. The van der Waals surface area contributed by atoms with Crippen LogP contribution in [0.4, 0.5) is 5.13 Å². The van der Waals surface area contributed by atoms with Crippen molar-refractivity contribution in [1.29, 1.82) is 0 Å². The largest absolute Gasteiger partial charge is 0.296 e. The zero-order valence-corrected chi connectivity index (χ0v) is 15.1. The van der Waals surface area contributed by atoms with Crippen molar-refractivity contribution in [3.8, 4) is 0 Å². The molecule has 2 heterocycles. The minimum absolute atomic E-state index is 0.197. The van der Waals surface area contributed by atoms with Crippen LogP contribution < -0.4 is 10.9 Å². The van der Waals surface area contributed by atoms with Crippen LogP contribution in [0.25, 0.3) is 10.2 Å². The maximum atomic E-state index is 12.4. The molecule has 3 aromatic rings. The number of aromatic nitrogens is 3. The molecule has 0 fully saturated rings. The average molecular weight is 356 g/mol. The molecule has 1 aromatic carbocycles. The van der Waals surface area contributed by atoms with Gasteiger partial charge in [-0.1, -0.05) is 37.7 Å². The van der Waals surface area contributed by atoms with Crippen molar-refractivity contribution < 1.29 is 4.79 Å². The fourth-order valence-corrected chi connectivity index (χ4v) is 3.37. The molecule has 0 radical (unpaired) electrons. The Hall–Kier alpha value is -2.54. The zero-order valence-electron chi connectivity index (χ0n) is 14.3. The molecule has 0 atom stereocenters. The Balaban J connectivity index is 1.81. The lowest BCUT2D eigenvalue weighted by molar-refractivity contribution is 0.101. The highest BCUT2D eigenvalue weighted by Gasteiger charge is 2.13. The topological polar surface area (TPSA) is 76.9 Å². The monoisotopic (exact) mass is 356 g/mol. The second kappa shape index (κ2) is 7.57. The van der Waals surface area contributed by atoms with E-state index in [1.807, 2.05) is 19.1 Å². The number of aryl methyl sites for hydroxylation is 2. The number of thiazole rings is 1. The van der Waals surface area contributed by atoms with Crippen molar-refractivity contribution in [3.63, 3.8) is 0 Å². The predicted octanol–water partition coefficient (Wildman–Crippen LogP) is 3.47. The number of rotatable bonds is 6. The first-order valence-corrected chi connectivity index (χ1v) is 9.21. The molecule has 1 N–H and O–H groups in total. The minimum atomic E-state index is -0.361. The molecule has 130 valence electrons. The Kier molecular flexibility index (Phi) is 5.23. The number of carbonyl (C=O) groups is 1. The second-order valence-electron chi connectivity index (χ2n) is 5.76.